The fourth-order valence-corrected chi connectivity index (χ4v) is 5.17. The smallest absolute Gasteiger partial charge is 0.231 e. The largest absolute Gasteiger partial charge is 0.454 e. The summed E-state index contributed by atoms with van der Waals surface area (Å²) in [4.78, 5) is 26.9. The van der Waals surface area contributed by atoms with Gasteiger partial charge in [0.1, 0.15) is 5.82 Å². The van der Waals surface area contributed by atoms with Gasteiger partial charge in [0.05, 0.1) is 0 Å². The Labute approximate surface area is 186 Å². The zero-order chi connectivity index (χ0) is 22.1. The molecule has 0 saturated carbocycles. The van der Waals surface area contributed by atoms with Gasteiger partial charge in [0.25, 0.3) is 0 Å². The SMILES string of the molecule is O=C1CC[C@](CCC(=O)N2CC[C@H](c3ccccc3F)C2)(Cc2ccc3c(c2)OCO3)N1. The maximum Gasteiger partial charge on any atom is 0.231 e. The first kappa shape index (κ1) is 20.8. The second-order valence-electron chi connectivity index (χ2n) is 9.04. The molecular weight excluding hydrogens is 411 g/mol. The molecule has 3 aliphatic rings. The second-order valence-corrected chi connectivity index (χ2v) is 9.04. The summed E-state index contributed by atoms with van der Waals surface area (Å²) >= 11 is 0. The van der Waals surface area contributed by atoms with Gasteiger partial charge in [-0.1, -0.05) is 24.3 Å². The summed E-state index contributed by atoms with van der Waals surface area (Å²) in [5, 5.41) is 3.14. The summed E-state index contributed by atoms with van der Waals surface area (Å²) in [6.45, 7) is 1.40. The first-order valence-electron chi connectivity index (χ1n) is 11.2. The number of carbonyl (C=O) groups is 2. The lowest BCUT2D eigenvalue weighted by molar-refractivity contribution is -0.131. The molecule has 0 unspecified atom stereocenters. The van der Waals surface area contributed by atoms with E-state index in [-0.39, 0.29) is 30.3 Å². The summed E-state index contributed by atoms with van der Waals surface area (Å²) < 4.78 is 25.0. The van der Waals surface area contributed by atoms with Crippen molar-refractivity contribution < 1.29 is 23.5 Å². The summed E-state index contributed by atoms with van der Waals surface area (Å²) in [6, 6.07) is 12.6. The zero-order valence-electron chi connectivity index (χ0n) is 17.9. The van der Waals surface area contributed by atoms with Gasteiger partial charge in [-0.05, 0) is 55.0 Å². The van der Waals surface area contributed by atoms with Crippen molar-refractivity contribution in [3.05, 3.63) is 59.4 Å². The number of hydrogen-bond donors (Lipinski definition) is 1. The Morgan fingerprint density at radius 3 is 2.84 bits per heavy atom. The number of carbonyl (C=O) groups excluding carboxylic acids is 2. The van der Waals surface area contributed by atoms with Crippen molar-refractivity contribution in [2.24, 2.45) is 0 Å². The Morgan fingerprint density at radius 2 is 2.03 bits per heavy atom. The first-order valence-corrected chi connectivity index (χ1v) is 11.2. The standard InChI is InChI=1S/C25H27FN2O4/c26-20-4-2-1-3-19(20)18-9-12-28(15-18)24(30)8-11-25(10-7-23(29)27-25)14-17-5-6-21-22(13-17)32-16-31-21/h1-6,13,18H,7-12,14-16H2,(H,27,29)/t18-,25-/m0/s1. The average Bonchev–Trinajstić information content (AvgIpc) is 3.53. The van der Waals surface area contributed by atoms with Gasteiger partial charge in [-0.15, -0.1) is 0 Å². The molecular formula is C25H27FN2O4. The van der Waals surface area contributed by atoms with E-state index in [2.05, 4.69) is 5.32 Å². The molecule has 2 saturated heterocycles. The van der Waals surface area contributed by atoms with Crippen LogP contribution in [0, 0.1) is 5.82 Å². The number of amides is 2. The molecule has 0 aromatic heterocycles. The molecule has 3 aliphatic heterocycles. The van der Waals surface area contributed by atoms with Crippen molar-refractivity contribution in [1.29, 1.82) is 0 Å². The topological polar surface area (TPSA) is 67.9 Å². The van der Waals surface area contributed by atoms with E-state index in [9.17, 15) is 14.0 Å². The van der Waals surface area contributed by atoms with Crippen LogP contribution < -0.4 is 14.8 Å². The third kappa shape index (κ3) is 4.16. The van der Waals surface area contributed by atoms with Crippen LogP contribution in [0.5, 0.6) is 11.5 Å². The highest BCUT2D eigenvalue weighted by Gasteiger charge is 2.39. The number of likely N-dealkylation sites (tertiary alicyclic amines) is 1. The minimum Gasteiger partial charge on any atom is -0.454 e. The van der Waals surface area contributed by atoms with E-state index >= 15 is 0 Å². The maximum absolute atomic E-state index is 14.1. The van der Waals surface area contributed by atoms with E-state index in [0.29, 0.717) is 56.5 Å². The molecule has 32 heavy (non-hydrogen) atoms. The molecule has 0 aliphatic carbocycles. The molecule has 2 aromatic rings. The molecule has 2 atom stereocenters. The fourth-order valence-electron chi connectivity index (χ4n) is 5.17. The normalized spacial score (nSPS) is 24.1. The van der Waals surface area contributed by atoms with E-state index in [1.54, 1.807) is 6.07 Å². The van der Waals surface area contributed by atoms with Crippen LogP contribution in [0.3, 0.4) is 0 Å². The van der Waals surface area contributed by atoms with Gasteiger partial charge in [-0.2, -0.15) is 0 Å². The number of nitrogens with zero attached hydrogens (tertiary/aromatic N) is 1. The quantitative estimate of drug-likeness (QED) is 0.749. The molecule has 6 nitrogen and oxygen atoms in total. The van der Waals surface area contributed by atoms with Gasteiger partial charge >= 0.3 is 0 Å². The van der Waals surface area contributed by atoms with E-state index in [4.69, 9.17) is 9.47 Å². The van der Waals surface area contributed by atoms with Crippen molar-refractivity contribution in [1.82, 2.24) is 10.2 Å². The molecule has 0 spiro atoms. The van der Waals surface area contributed by atoms with Gasteiger partial charge < -0.3 is 19.7 Å². The number of benzene rings is 2. The van der Waals surface area contributed by atoms with Crippen LogP contribution >= 0.6 is 0 Å². The second kappa shape index (κ2) is 8.45. The van der Waals surface area contributed by atoms with Crippen LogP contribution in [-0.4, -0.2) is 42.1 Å². The van der Waals surface area contributed by atoms with E-state index in [1.165, 1.54) is 6.07 Å². The lowest BCUT2D eigenvalue weighted by atomic mass is 9.84. The molecule has 2 amide bonds. The lowest BCUT2D eigenvalue weighted by Gasteiger charge is -2.30. The summed E-state index contributed by atoms with van der Waals surface area (Å²) in [6.07, 6.45) is 3.51. The fraction of sp³-hybridized carbons (Fsp3) is 0.440. The van der Waals surface area contributed by atoms with Crippen molar-refractivity contribution in [2.75, 3.05) is 19.9 Å². The van der Waals surface area contributed by atoms with Crippen LogP contribution in [0.1, 0.15) is 49.1 Å². The Bertz CT molecular complexity index is 1040. The highest BCUT2D eigenvalue weighted by atomic mass is 19.1. The van der Waals surface area contributed by atoms with Gasteiger partial charge in [0.15, 0.2) is 11.5 Å². The number of halogens is 1. The summed E-state index contributed by atoms with van der Waals surface area (Å²) in [5.41, 5.74) is 1.29. The Balaban J connectivity index is 1.23. The van der Waals surface area contributed by atoms with Crippen molar-refractivity contribution in [2.45, 2.75) is 50.0 Å². The average molecular weight is 438 g/mol. The molecule has 3 heterocycles. The lowest BCUT2D eigenvalue weighted by Crippen LogP contribution is -2.44. The molecule has 5 rings (SSSR count). The van der Waals surface area contributed by atoms with E-state index in [0.717, 1.165) is 17.7 Å². The highest BCUT2D eigenvalue weighted by Crippen LogP contribution is 2.36. The summed E-state index contributed by atoms with van der Waals surface area (Å²) in [7, 11) is 0. The molecule has 7 heteroatoms. The maximum atomic E-state index is 14.1. The Morgan fingerprint density at radius 1 is 1.19 bits per heavy atom. The Hall–Kier alpha value is -3.09. The van der Waals surface area contributed by atoms with E-state index < -0.39 is 5.54 Å². The van der Waals surface area contributed by atoms with Crippen LogP contribution in [0.15, 0.2) is 42.5 Å². The number of ether oxygens (including phenoxy) is 2. The predicted molar refractivity (Wildman–Crippen MR) is 116 cm³/mol. The van der Waals surface area contributed by atoms with E-state index in [1.807, 2.05) is 35.2 Å². The van der Waals surface area contributed by atoms with Gasteiger partial charge in [0.2, 0.25) is 18.6 Å². The van der Waals surface area contributed by atoms with Crippen LogP contribution in [0.2, 0.25) is 0 Å². The minimum atomic E-state index is -0.439. The van der Waals surface area contributed by atoms with Crippen molar-refractivity contribution in [3.8, 4) is 11.5 Å². The zero-order valence-corrected chi connectivity index (χ0v) is 17.9. The molecule has 1 N–H and O–H groups in total. The molecule has 2 fully saturated rings. The number of fused-ring (bicyclic) bond motifs is 1. The molecule has 2 aromatic carbocycles. The van der Waals surface area contributed by atoms with Gasteiger partial charge in [-0.3, -0.25) is 9.59 Å². The van der Waals surface area contributed by atoms with Crippen LogP contribution in [0.4, 0.5) is 4.39 Å². The highest BCUT2D eigenvalue weighted by molar-refractivity contribution is 5.80. The van der Waals surface area contributed by atoms with Crippen LogP contribution in [0.25, 0.3) is 0 Å². The first-order chi connectivity index (χ1) is 15.5. The molecule has 168 valence electrons. The minimum absolute atomic E-state index is 0.0268. The van der Waals surface area contributed by atoms with Crippen molar-refractivity contribution >= 4 is 11.8 Å². The Kier molecular flexibility index (Phi) is 5.49. The third-order valence-corrected chi connectivity index (χ3v) is 6.92. The number of rotatable bonds is 6. The van der Waals surface area contributed by atoms with Gasteiger partial charge in [0, 0.05) is 37.4 Å². The number of nitrogens with one attached hydrogen (secondary N) is 1. The predicted octanol–water partition coefficient (Wildman–Crippen LogP) is 3.54. The van der Waals surface area contributed by atoms with Gasteiger partial charge in [-0.25, -0.2) is 4.39 Å². The molecule has 0 radical (unpaired) electrons. The monoisotopic (exact) mass is 438 g/mol. The third-order valence-electron chi connectivity index (χ3n) is 6.92. The van der Waals surface area contributed by atoms with Crippen LogP contribution in [-0.2, 0) is 16.0 Å². The summed E-state index contributed by atoms with van der Waals surface area (Å²) in [5.74, 6) is 1.37. The van der Waals surface area contributed by atoms with Crippen molar-refractivity contribution in [3.63, 3.8) is 0 Å². The number of hydrogen-bond acceptors (Lipinski definition) is 4. The molecule has 0 bridgehead atoms.